The van der Waals surface area contributed by atoms with Crippen LogP contribution in [0.3, 0.4) is 0 Å². The minimum atomic E-state index is -0.0298. The Morgan fingerprint density at radius 1 is 0.905 bits per heavy atom. The summed E-state index contributed by atoms with van der Waals surface area (Å²) in [5, 5.41) is 10.9. The lowest BCUT2D eigenvalue weighted by molar-refractivity contribution is 0.388. The summed E-state index contributed by atoms with van der Waals surface area (Å²) in [7, 11) is 0. The highest BCUT2D eigenvalue weighted by Gasteiger charge is 2.30. The predicted octanol–water partition coefficient (Wildman–Crippen LogP) is 6.29. The lowest BCUT2D eigenvalue weighted by atomic mass is 9.74. The molecule has 1 N–H and O–H groups in total. The summed E-state index contributed by atoms with van der Waals surface area (Å²) >= 11 is 6.10. The van der Waals surface area contributed by atoms with Crippen molar-refractivity contribution in [2.75, 3.05) is 0 Å². The van der Waals surface area contributed by atoms with Crippen molar-refractivity contribution >= 4 is 11.6 Å². The van der Waals surface area contributed by atoms with E-state index >= 15 is 0 Å². The maximum atomic E-state index is 10.9. The first-order chi connectivity index (χ1) is 9.69. The number of alkyl halides is 1. The van der Waals surface area contributed by atoms with E-state index in [0.717, 1.165) is 42.4 Å². The molecule has 0 spiro atoms. The Balaban J connectivity index is 3.47. The number of rotatable bonds is 7. The SMILES string of the molecule is CCCC(C)(C)c1cc(CCl)cc(C(C)(C)CCC)c1O. The zero-order valence-corrected chi connectivity index (χ0v) is 15.3. The van der Waals surface area contributed by atoms with Gasteiger partial charge < -0.3 is 5.11 Å². The van der Waals surface area contributed by atoms with Crippen LogP contribution in [0, 0.1) is 0 Å². The molecule has 1 nitrogen and oxygen atoms in total. The molecule has 0 aliphatic rings. The standard InChI is InChI=1S/C19H31ClO/c1-7-9-18(3,4)15-11-14(13-20)12-16(17(15)21)19(5,6)10-8-2/h11-12,21H,7-10,13H2,1-6H3. The molecule has 0 saturated carbocycles. The van der Waals surface area contributed by atoms with Crippen LogP contribution in [0.15, 0.2) is 12.1 Å². The molecule has 0 fully saturated rings. The molecule has 0 atom stereocenters. The Morgan fingerprint density at radius 3 is 1.57 bits per heavy atom. The number of phenols is 1. The number of hydrogen-bond donors (Lipinski definition) is 1. The van der Waals surface area contributed by atoms with Crippen molar-refractivity contribution in [1.29, 1.82) is 0 Å². The van der Waals surface area contributed by atoms with Crippen LogP contribution in [0.4, 0.5) is 0 Å². The lowest BCUT2D eigenvalue weighted by Gasteiger charge is -2.32. The molecule has 120 valence electrons. The molecule has 0 bridgehead atoms. The van der Waals surface area contributed by atoms with Crippen molar-refractivity contribution in [3.05, 3.63) is 28.8 Å². The minimum absolute atomic E-state index is 0.0298. The van der Waals surface area contributed by atoms with Crippen LogP contribution in [-0.4, -0.2) is 5.11 Å². The fraction of sp³-hybridized carbons (Fsp3) is 0.684. The Bertz CT molecular complexity index is 435. The van der Waals surface area contributed by atoms with Gasteiger partial charge in [0.2, 0.25) is 0 Å². The Morgan fingerprint density at radius 2 is 1.29 bits per heavy atom. The summed E-state index contributed by atoms with van der Waals surface area (Å²) in [5.41, 5.74) is 3.13. The van der Waals surface area contributed by atoms with Crippen molar-refractivity contribution in [2.45, 2.75) is 83.9 Å². The van der Waals surface area contributed by atoms with Gasteiger partial charge >= 0.3 is 0 Å². The molecule has 0 aliphatic carbocycles. The highest BCUT2D eigenvalue weighted by atomic mass is 35.5. The Kier molecular flexibility index (Phi) is 6.16. The predicted molar refractivity (Wildman–Crippen MR) is 93.5 cm³/mol. The van der Waals surface area contributed by atoms with Crippen LogP contribution in [0.1, 0.15) is 83.9 Å². The fourth-order valence-corrected chi connectivity index (χ4v) is 3.48. The first-order valence-electron chi connectivity index (χ1n) is 8.12. The van der Waals surface area contributed by atoms with Crippen LogP contribution < -0.4 is 0 Å². The zero-order chi connectivity index (χ0) is 16.3. The van der Waals surface area contributed by atoms with E-state index in [1.165, 1.54) is 0 Å². The maximum Gasteiger partial charge on any atom is 0.123 e. The van der Waals surface area contributed by atoms with Gasteiger partial charge in [-0.3, -0.25) is 0 Å². The van der Waals surface area contributed by atoms with E-state index in [0.29, 0.717) is 11.6 Å². The average molecular weight is 311 g/mol. The molecule has 0 radical (unpaired) electrons. The van der Waals surface area contributed by atoms with Gasteiger partial charge in [-0.15, -0.1) is 11.6 Å². The van der Waals surface area contributed by atoms with Crippen molar-refractivity contribution < 1.29 is 5.11 Å². The topological polar surface area (TPSA) is 20.2 Å². The smallest absolute Gasteiger partial charge is 0.123 e. The molecular weight excluding hydrogens is 280 g/mol. The third kappa shape index (κ3) is 4.16. The van der Waals surface area contributed by atoms with E-state index in [2.05, 4.69) is 53.7 Å². The molecule has 1 aromatic rings. The second-order valence-corrected chi connectivity index (χ2v) is 7.71. The van der Waals surface area contributed by atoms with Crippen molar-refractivity contribution in [2.24, 2.45) is 0 Å². The second kappa shape index (κ2) is 7.05. The van der Waals surface area contributed by atoms with E-state index in [-0.39, 0.29) is 10.8 Å². The zero-order valence-electron chi connectivity index (χ0n) is 14.5. The van der Waals surface area contributed by atoms with Crippen LogP contribution >= 0.6 is 11.6 Å². The van der Waals surface area contributed by atoms with E-state index in [1.807, 2.05) is 0 Å². The van der Waals surface area contributed by atoms with Gasteiger partial charge in [0.05, 0.1) is 0 Å². The molecule has 0 unspecified atom stereocenters. The van der Waals surface area contributed by atoms with Gasteiger partial charge in [-0.05, 0) is 29.2 Å². The van der Waals surface area contributed by atoms with E-state index in [1.54, 1.807) is 0 Å². The molecule has 0 amide bonds. The van der Waals surface area contributed by atoms with Crippen LogP contribution in [0.25, 0.3) is 0 Å². The number of halogens is 1. The van der Waals surface area contributed by atoms with Gasteiger partial charge in [-0.2, -0.15) is 0 Å². The third-order valence-electron chi connectivity index (χ3n) is 4.53. The van der Waals surface area contributed by atoms with Crippen LogP contribution in [0.5, 0.6) is 5.75 Å². The molecule has 1 aromatic carbocycles. The number of benzene rings is 1. The van der Waals surface area contributed by atoms with E-state index in [4.69, 9.17) is 11.6 Å². The summed E-state index contributed by atoms with van der Waals surface area (Å²) in [4.78, 5) is 0. The van der Waals surface area contributed by atoms with E-state index < -0.39 is 0 Å². The van der Waals surface area contributed by atoms with Crippen molar-refractivity contribution in [1.82, 2.24) is 0 Å². The highest BCUT2D eigenvalue weighted by molar-refractivity contribution is 6.17. The van der Waals surface area contributed by atoms with Crippen LogP contribution in [-0.2, 0) is 16.7 Å². The van der Waals surface area contributed by atoms with Gasteiger partial charge in [-0.25, -0.2) is 0 Å². The normalized spacial score (nSPS) is 12.7. The molecule has 2 heteroatoms. The van der Waals surface area contributed by atoms with Gasteiger partial charge in [0.25, 0.3) is 0 Å². The second-order valence-electron chi connectivity index (χ2n) is 7.44. The molecular formula is C19H31ClO. The summed E-state index contributed by atoms with van der Waals surface area (Å²) < 4.78 is 0. The lowest BCUT2D eigenvalue weighted by Crippen LogP contribution is -2.22. The average Bonchev–Trinajstić information content (AvgIpc) is 2.38. The summed E-state index contributed by atoms with van der Waals surface area (Å²) in [6.07, 6.45) is 4.32. The summed E-state index contributed by atoms with van der Waals surface area (Å²) in [6.45, 7) is 13.2. The summed E-state index contributed by atoms with van der Waals surface area (Å²) in [5.74, 6) is 0.964. The van der Waals surface area contributed by atoms with Gasteiger partial charge in [-0.1, -0.05) is 66.5 Å². The number of aromatic hydroxyl groups is 1. The third-order valence-corrected chi connectivity index (χ3v) is 4.84. The maximum absolute atomic E-state index is 10.9. The summed E-state index contributed by atoms with van der Waals surface area (Å²) in [6, 6.07) is 4.17. The van der Waals surface area contributed by atoms with Crippen molar-refractivity contribution in [3.8, 4) is 5.75 Å². The first kappa shape index (κ1) is 18.4. The largest absolute Gasteiger partial charge is 0.507 e. The van der Waals surface area contributed by atoms with Crippen LogP contribution in [0.2, 0.25) is 0 Å². The monoisotopic (exact) mass is 310 g/mol. The Labute approximate surface area is 135 Å². The number of hydrogen-bond acceptors (Lipinski definition) is 1. The molecule has 21 heavy (non-hydrogen) atoms. The fourth-order valence-electron chi connectivity index (χ4n) is 3.32. The molecule has 1 rings (SSSR count). The molecule has 0 saturated heterocycles. The van der Waals surface area contributed by atoms with E-state index in [9.17, 15) is 5.11 Å². The molecule has 0 heterocycles. The Hall–Kier alpha value is -0.690. The van der Waals surface area contributed by atoms with Gasteiger partial charge in [0.15, 0.2) is 0 Å². The molecule has 0 aliphatic heterocycles. The molecule has 0 aromatic heterocycles. The quantitative estimate of drug-likeness (QED) is 0.587. The van der Waals surface area contributed by atoms with Crippen molar-refractivity contribution in [3.63, 3.8) is 0 Å². The highest BCUT2D eigenvalue weighted by Crippen LogP contribution is 2.43. The van der Waals surface area contributed by atoms with Gasteiger partial charge in [0.1, 0.15) is 5.75 Å². The van der Waals surface area contributed by atoms with Gasteiger partial charge in [0, 0.05) is 17.0 Å². The first-order valence-corrected chi connectivity index (χ1v) is 8.65. The minimum Gasteiger partial charge on any atom is -0.507 e. The number of phenolic OH excluding ortho intramolecular Hbond substituents is 1.